The predicted octanol–water partition coefficient (Wildman–Crippen LogP) is 4.43. The van der Waals surface area contributed by atoms with Crippen LogP contribution in [0.2, 0.25) is 0 Å². The summed E-state index contributed by atoms with van der Waals surface area (Å²) >= 11 is 0. The Morgan fingerprint density at radius 2 is 1.61 bits per heavy atom. The fourth-order valence-corrected chi connectivity index (χ4v) is 4.10. The van der Waals surface area contributed by atoms with Gasteiger partial charge in [-0.15, -0.1) is 0 Å². The van der Waals surface area contributed by atoms with Crippen LogP contribution in [0.5, 0.6) is 11.5 Å². The van der Waals surface area contributed by atoms with E-state index < -0.39 is 32.2 Å². The average Bonchev–Trinajstić information content (AvgIpc) is 2.74. The smallest absolute Gasteiger partial charge is 0.343 e. The third-order valence-corrected chi connectivity index (χ3v) is 5.95. The standard InChI is InChI=1S/C22H19NO7S/c1-15(2)29-18-9-11-19(12-10-18)31(27,28)21-13-8-17(23(25)26)14-20(21)30-22(24)16-6-4-3-5-7-16/h3-15H,1-2H3. The SMILES string of the molecule is CC(C)Oc1ccc(S(=O)(=O)c2ccc([N+](=O)[O-])cc2OC(=O)c2ccccc2)cc1. The Bertz CT molecular complexity index is 1200. The molecule has 0 N–H and O–H groups in total. The molecular formula is C22H19NO7S. The zero-order chi connectivity index (χ0) is 22.6. The van der Waals surface area contributed by atoms with Gasteiger partial charge < -0.3 is 9.47 Å². The van der Waals surface area contributed by atoms with Crippen molar-refractivity contribution in [1.82, 2.24) is 0 Å². The second-order valence-electron chi connectivity index (χ2n) is 6.79. The number of sulfone groups is 1. The molecule has 0 heterocycles. The topological polar surface area (TPSA) is 113 Å². The van der Waals surface area contributed by atoms with Crippen LogP contribution >= 0.6 is 0 Å². The number of nitro benzene ring substituents is 1. The van der Waals surface area contributed by atoms with Gasteiger partial charge in [0.1, 0.15) is 10.6 Å². The fraction of sp³-hybridized carbons (Fsp3) is 0.136. The minimum atomic E-state index is -4.14. The first-order valence-electron chi connectivity index (χ1n) is 9.26. The van der Waals surface area contributed by atoms with Gasteiger partial charge in [-0.1, -0.05) is 18.2 Å². The van der Waals surface area contributed by atoms with Gasteiger partial charge in [0, 0.05) is 6.07 Å². The normalized spacial score (nSPS) is 11.2. The lowest BCUT2D eigenvalue weighted by atomic mass is 10.2. The van der Waals surface area contributed by atoms with E-state index in [9.17, 15) is 23.3 Å². The summed E-state index contributed by atoms with van der Waals surface area (Å²) in [6, 6.07) is 16.7. The number of esters is 1. The van der Waals surface area contributed by atoms with Gasteiger partial charge in [0.05, 0.1) is 27.6 Å². The van der Waals surface area contributed by atoms with Gasteiger partial charge in [-0.05, 0) is 56.3 Å². The molecule has 0 aromatic heterocycles. The molecule has 0 aliphatic carbocycles. The van der Waals surface area contributed by atoms with Crippen molar-refractivity contribution in [3.63, 3.8) is 0 Å². The third kappa shape index (κ3) is 5.07. The highest BCUT2D eigenvalue weighted by atomic mass is 32.2. The first-order valence-corrected chi connectivity index (χ1v) is 10.7. The summed E-state index contributed by atoms with van der Waals surface area (Å²) in [4.78, 5) is 22.5. The van der Waals surface area contributed by atoms with E-state index in [2.05, 4.69) is 0 Å². The van der Waals surface area contributed by atoms with Crippen LogP contribution in [0.4, 0.5) is 5.69 Å². The van der Waals surface area contributed by atoms with E-state index >= 15 is 0 Å². The molecule has 160 valence electrons. The van der Waals surface area contributed by atoms with Crippen LogP contribution in [0.25, 0.3) is 0 Å². The summed E-state index contributed by atoms with van der Waals surface area (Å²) in [6.07, 6.45) is -0.0823. The van der Waals surface area contributed by atoms with Gasteiger partial charge in [-0.25, -0.2) is 13.2 Å². The highest BCUT2D eigenvalue weighted by Crippen LogP contribution is 2.34. The van der Waals surface area contributed by atoms with Crippen LogP contribution in [0, 0.1) is 10.1 Å². The molecule has 0 saturated heterocycles. The monoisotopic (exact) mass is 441 g/mol. The molecule has 0 atom stereocenters. The molecule has 0 bridgehead atoms. The van der Waals surface area contributed by atoms with Crippen molar-refractivity contribution in [2.45, 2.75) is 29.7 Å². The van der Waals surface area contributed by atoms with Crippen LogP contribution in [-0.2, 0) is 9.84 Å². The molecule has 31 heavy (non-hydrogen) atoms. The molecule has 0 aliphatic heterocycles. The Kier molecular flexibility index (Phi) is 6.36. The number of benzene rings is 3. The minimum Gasteiger partial charge on any atom is -0.491 e. The van der Waals surface area contributed by atoms with Crippen molar-refractivity contribution in [1.29, 1.82) is 0 Å². The number of nitro groups is 1. The summed E-state index contributed by atoms with van der Waals surface area (Å²) in [6.45, 7) is 3.68. The van der Waals surface area contributed by atoms with Crippen molar-refractivity contribution in [3.05, 3.63) is 88.5 Å². The van der Waals surface area contributed by atoms with E-state index in [1.807, 2.05) is 13.8 Å². The van der Waals surface area contributed by atoms with Gasteiger partial charge in [-0.3, -0.25) is 10.1 Å². The van der Waals surface area contributed by atoms with Crippen molar-refractivity contribution >= 4 is 21.5 Å². The number of nitrogens with zero attached hydrogens (tertiary/aromatic N) is 1. The average molecular weight is 441 g/mol. The Balaban J connectivity index is 2.02. The van der Waals surface area contributed by atoms with E-state index in [1.165, 1.54) is 36.4 Å². The summed E-state index contributed by atoms with van der Waals surface area (Å²) < 4.78 is 37.1. The van der Waals surface area contributed by atoms with Gasteiger partial charge >= 0.3 is 5.97 Å². The van der Waals surface area contributed by atoms with Crippen LogP contribution in [0.15, 0.2) is 82.6 Å². The second kappa shape index (κ2) is 8.97. The predicted molar refractivity (Wildman–Crippen MR) is 112 cm³/mol. The molecule has 9 heteroatoms. The molecule has 0 radical (unpaired) electrons. The fourth-order valence-electron chi connectivity index (χ4n) is 2.74. The van der Waals surface area contributed by atoms with E-state index in [1.54, 1.807) is 18.2 Å². The maximum atomic E-state index is 13.2. The van der Waals surface area contributed by atoms with Gasteiger partial charge in [-0.2, -0.15) is 0 Å². The third-order valence-electron chi connectivity index (χ3n) is 4.15. The van der Waals surface area contributed by atoms with Gasteiger partial charge in [0.15, 0.2) is 5.75 Å². The van der Waals surface area contributed by atoms with E-state index in [4.69, 9.17) is 9.47 Å². The van der Waals surface area contributed by atoms with Crippen molar-refractivity contribution in [2.75, 3.05) is 0 Å². The molecule has 0 saturated carbocycles. The summed E-state index contributed by atoms with van der Waals surface area (Å²) in [5.41, 5.74) is -0.233. The van der Waals surface area contributed by atoms with Gasteiger partial charge in [0.2, 0.25) is 9.84 Å². The van der Waals surface area contributed by atoms with Crippen molar-refractivity contribution in [2.24, 2.45) is 0 Å². The lowest BCUT2D eigenvalue weighted by Crippen LogP contribution is -2.12. The summed E-state index contributed by atoms with van der Waals surface area (Å²) in [5.74, 6) is -0.767. The first kappa shape index (κ1) is 22.0. The number of carbonyl (C=O) groups is 1. The Morgan fingerprint density at radius 3 is 2.19 bits per heavy atom. The zero-order valence-corrected chi connectivity index (χ0v) is 17.5. The summed E-state index contributed by atoms with van der Waals surface area (Å²) in [5, 5.41) is 11.2. The van der Waals surface area contributed by atoms with Crippen LogP contribution in [0.3, 0.4) is 0 Å². The molecular weight excluding hydrogens is 422 g/mol. The number of non-ortho nitro benzene ring substituents is 1. The maximum absolute atomic E-state index is 13.2. The number of hydrogen-bond donors (Lipinski definition) is 0. The van der Waals surface area contributed by atoms with E-state index in [0.717, 1.165) is 18.2 Å². The highest BCUT2D eigenvalue weighted by molar-refractivity contribution is 7.91. The Labute approximate surface area is 179 Å². The zero-order valence-electron chi connectivity index (χ0n) is 16.7. The van der Waals surface area contributed by atoms with Crippen molar-refractivity contribution in [3.8, 4) is 11.5 Å². The molecule has 0 aliphatic rings. The largest absolute Gasteiger partial charge is 0.491 e. The molecule has 0 spiro atoms. The molecule has 0 fully saturated rings. The molecule has 3 aromatic carbocycles. The second-order valence-corrected chi connectivity index (χ2v) is 8.70. The van der Waals surface area contributed by atoms with Gasteiger partial charge in [0.25, 0.3) is 5.69 Å². The van der Waals surface area contributed by atoms with Crippen LogP contribution < -0.4 is 9.47 Å². The lowest BCUT2D eigenvalue weighted by Gasteiger charge is -2.13. The number of ether oxygens (including phenoxy) is 2. The summed E-state index contributed by atoms with van der Waals surface area (Å²) in [7, 11) is -4.14. The maximum Gasteiger partial charge on any atom is 0.343 e. The molecule has 3 aromatic rings. The molecule has 3 rings (SSSR count). The van der Waals surface area contributed by atoms with Crippen LogP contribution in [-0.4, -0.2) is 25.4 Å². The molecule has 0 unspecified atom stereocenters. The highest BCUT2D eigenvalue weighted by Gasteiger charge is 2.26. The van der Waals surface area contributed by atoms with Crippen LogP contribution in [0.1, 0.15) is 24.2 Å². The number of hydrogen-bond acceptors (Lipinski definition) is 7. The molecule has 0 amide bonds. The Hall–Kier alpha value is -3.72. The van der Waals surface area contributed by atoms with E-state index in [0.29, 0.717) is 5.75 Å². The first-order chi connectivity index (χ1) is 14.7. The lowest BCUT2D eigenvalue weighted by molar-refractivity contribution is -0.385. The quantitative estimate of drug-likeness (QED) is 0.231. The molecule has 8 nitrogen and oxygen atoms in total. The minimum absolute atomic E-state index is 0.0746. The number of rotatable bonds is 7. The Morgan fingerprint density at radius 1 is 0.968 bits per heavy atom. The van der Waals surface area contributed by atoms with Crippen molar-refractivity contribution < 1.29 is 27.6 Å². The number of carbonyl (C=O) groups excluding carboxylic acids is 1. The van der Waals surface area contributed by atoms with E-state index in [-0.39, 0.29) is 21.5 Å².